The van der Waals surface area contributed by atoms with Gasteiger partial charge < -0.3 is 19.9 Å². The van der Waals surface area contributed by atoms with E-state index in [0.29, 0.717) is 11.4 Å². The standard InChI is InChI=1S/C24H33N5O5S/c1-24(2,3)34-23(31)26-16-21(30)28-12-14-29(15-13-28)35(32,33)20-7-5-6-19-18(20)10-11-25-22(19)27(4)17-8-9-17/h5-7,10-11,17H,8-9,12-16H2,1-4H3,(H,26,31). The molecule has 1 aliphatic heterocycles. The second-order valence-electron chi connectivity index (χ2n) is 9.97. The van der Waals surface area contributed by atoms with Gasteiger partial charge in [0.25, 0.3) is 0 Å². The van der Waals surface area contributed by atoms with Gasteiger partial charge in [0.05, 0.1) is 4.90 Å². The summed E-state index contributed by atoms with van der Waals surface area (Å²) in [7, 11) is -1.78. The van der Waals surface area contributed by atoms with E-state index < -0.39 is 21.7 Å². The van der Waals surface area contributed by atoms with Gasteiger partial charge in [0.1, 0.15) is 18.0 Å². The van der Waals surface area contributed by atoms with Crippen molar-refractivity contribution in [3.8, 4) is 0 Å². The second-order valence-corrected chi connectivity index (χ2v) is 11.9. The molecule has 2 heterocycles. The molecule has 190 valence electrons. The lowest BCUT2D eigenvalue weighted by atomic mass is 10.1. The molecule has 1 saturated heterocycles. The summed E-state index contributed by atoms with van der Waals surface area (Å²) in [4.78, 5) is 32.7. The molecule has 10 nitrogen and oxygen atoms in total. The van der Waals surface area contributed by atoms with Crippen LogP contribution in [0.25, 0.3) is 10.8 Å². The van der Waals surface area contributed by atoms with E-state index in [0.717, 1.165) is 24.0 Å². The van der Waals surface area contributed by atoms with Crippen LogP contribution in [0.5, 0.6) is 0 Å². The Kier molecular flexibility index (Phi) is 6.92. The third kappa shape index (κ3) is 5.67. The monoisotopic (exact) mass is 503 g/mol. The van der Waals surface area contributed by atoms with Crippen molar-refractivity contribution in [1.29, 1.82) is 0 Å². The number of nitrogens with zero attached hydrogens (tertiary/aromatic N) is 4. The van der Waals surface area contributed by atoms with Crippen LogP contribution >= 0.6 is 0 Å². The maximum atomic E-state index is 13.6. The van der Waals surface area contributed by atoms with Crippen molar-refractivity contribution in [2.45, 2.75) is 50.2 Å². The topological polar surface area (TPSA) is 112 Å². The van der Waals surface area contributed by atoms with Gasteiger partial charge in [-0.2, -0.15) is 4.31 Å². The van der Waals surface area contributed by atoms with Crippen LogP contribution < -0.4 is 10.2 Å². The molecule has 1 aliphatic carbocycles. The van der Waals surface area contributed by atoms with Crippen molar-refractivity contribution in [3.63, 3.8) is 0 Å². The molecule has 1 N–H and O–H groups in total. The first-order valence-electron chi connectivity index (χ1n) is 11.8. The lowest BCUT2D eigenvalue weighted by molar-refractivity contribution is -0.131. The Balaban J connectivity index is 1.43. The molecule has 0 bridgehead atoms. The number of carbonyl (C=O) groups excluding carboxylic acids is 2. The Morgan fingerprint density at radius 1 is 1.11 bits per heavy atom. The summed E-state index contributed by atoms with van der Waals surface area (Å²) in [6, 6.07) is 7.48. The van der Waals surface area contributed by atoms with Gasteiger partial charge in [-0.25, -0.2) is 18.2 Å². The first kappa shape index (κ1) is 25.2. The third-order valence-corrected chi connectivity index (χ3v) is 8.12. The number of hydrogen-bond donors (Lipinski definition) is 1. The zero-order chi connectivity index (χ0) is 25.4. The van der Waals surface area contributed by atoms with Crippen LogP contribution in [0.4, 0.5) is 10.6 Å². The predicted molar refractivity (Wildman–Crippen MR) is 133 cm³/mol. The SMILES string of the molecule is CN(c1nccc2c(S(=O)(=O)N3CCN(C(=O)CNC(=O)OC(C)(C)C)CC3)cccc12)C1CC1. The molecule has 2 aliphatic rings. The van der Waals surface area contributed by atoms with Gasteiger partial charge in [0.15, 0.2) is 0 Å². The highest BCUT2D eigenvalue weighted by atomic mass is 32.2. The summed E-state index contributed by atoms with van der Waals surface area (Å²) in [6.45, 7) is 5.88. The van der Waals surface area contributed by atoms with E-state index in [1.807, 2.05) is 13.1 Å². The molecule has 0 unspecified atom stereocenters. The summed E-state index contributed by atoms with van der Waals surface area (Å²) in [5, 5.41) is 3.91. The zero-order valence-electron chi connectivity index (χ0n) is 20.7. The Hall–Kier alpha value is -2.92. The van der Waals surface area contributed by atoms with Crippen LogP contribution in [0.2, 0.25) is 0 Å². The molecule has 0 atom stereocenters. The number of fused-ring (bicyclic) bond motifs is 1. The van der Waals surface area contributed by atoms with E-state index in [4.69, 9.17) is 4.74 Å². The van der Waals surface area contributed by atoms with Gasteiger partial charge in [-0.15, -0.1) is 0 Å². The predicted octanol–water partition coefficient (Wildman–Crippen LogP) is 2.19. The Labute approximate surface area is 206 Å². The van der Waals surface area contributed by atoms with Crippen LogP contribution in [0.1, 0.15) is 33.6 Å². The number of rotatable bonds is 6. The van der Waals surface area contributed by atoms with Crippen LogP contribution in [0, 0.1) is 0 Å². The number of pyridine rings is 1. The molecule has 1 aromatic carbocycles. The maximum Gasteiger partial charge on any atom is 0.408 e. The molecule has 2 fully saturated rings. The number of alkyl carbamates (subject to hydrolysis) is 1. The minimum Gasteiger partial charge on any atom is -0.444 e. The van der Waals surface area contributed by atoms with Gasteiger partial charge in [0, 0.05) is 56.2 Å². The van der Waals surface area contributed by atoms with Crippen molar-refractivity contribution in [2.24, 2.45) is 0 Å². The van der Waals surface area contributed by atoms with Crippen molar-refractivity contribution in [2.75, 3.05) is 44.7 Å². The van der Waals surface area contributed by atoms with Crippen LogP contribution in [0.3, 0.4) is 0 Å². The largest absolute Gasteiger partial charge is 0.444 e. The van der Waals surface area contributed by atoms with E-state index in [9.17, 15) is 18.0 Å². The number of anilines is 1. The molecule has 2 aromatic rings. The zero-order valence-corrected chi connectivity index (χ0v) is 21.5. The van der Waals surface area contributed by atoms with E-state index in [1.165, 1.54) is 4.31 Å². The fourth-order valence-corrected chi connectivity index (χ4v) is 5.82. The second kappa shape index (κ2) is 9.62. The van der Waals surface area contributed by atoms with Gasteiger partial charge >= 0.3 is 6.09 Å². The average Bonchev–Trinajstić information content (AvgIpc) is 3.66. The van der Waals surface area contributed by atoms with Gasteiger partial charge in [-0.1, -0.05) is 12.1 Å². The number of nitrogens with one attached hydrogen (secondary N) is 1. The van der Waals surface area contributed by atoms with Crippen molar-refractivity contribution >= 4 is 38.6 Å². The smallest absolute Gasteiger partial charge is 0.408 e. The molecular weight excluding hydrogens is 470 g/mol. The fourth-order valence-electron chi connectivity index (χ4n) is 4.19. The average molecular weight is 504 g/mol. The van der Waals surface area contributed by atoms with Gasteiger partial charge in [-0.05, 0) is 45.7 Å². The number of carbonyl (C=O) groups is 2. The van der Waals surface area contributed by atoms with Crippen LogP contribution in [-0.2, 0) is 19.6 Å². The maximum absolute atomic E-state index is 13.6. The van der Waals surface area contributed by atoms with Crippen LogP contribution in [-0.4, -0.2) is 86.0 Å². The molecular formula is C24H33N5O5S. The number of ether oxygens (including phenoxy) is 1. The van der Waals surface area contributed by atoms with Crippen molar-refractivity contribution in [3.05, 3.63) is 30.5 Å². The number of amides is 2. The number of hydrogen-bond acceptors (Lipinski definition) is 7. The summed E-state index contributed by atoms with van der Waals surface area (Å²) in [5.41, 5.74) is -0.654. The Morgan fingerprint density at radius 2 is 1.80 bits per heavy atom. The highest BCUT2D eigenvalue weighted by Crippen LogP contribution is 2.35. The molecule has 0 radical (unpaired) electrons. The summed E-state index contributed by atoms with van der Waals surface area (Å²) < 4.78 is 33.7. The number of sulfonamides is 1. The highest BCUT2D eigenvalue weighted by Gasteiger charge is 2.33. The normalized spacial score (nSPS) is 17.3. The summed E-state index contributed by atoms with van der Waals surface area (Å²) >= 11 is 0. The quantitative estimate of drug-likeness (QED) is 0.643. The van der Waals surface area contributed by atoms with E-state index in [-0.39, 0.29) is 43.5 Å². The third-order valence-electron chi connectivity index (χ3n) is 6.17. The van der Waals surface area contributed by atoms with E-state index >= 15 is 0 Å². The minimum atomic E-state index is -3.77. The number of benzene rings is 1. The number of aromatic nitrogens is 1. The fraction of sp³-hybridized carbons (Fsp3) is 0.542. The first-order valence-corrected chi connectivity index (χ1v) is 13.3. The molecule has 0 spiro atoms. The summed E-state index contributed by atoms with van der Waals surface area (Å²) in [5.74, 6) is 0.506. The molecule has 2 amide bonds. The molecule has 1 aromatic heterocycles. The lowest BCUT2D eigenvalue weighted by Crippen LogP contribution is -2.52. The lowest BCUT2D eigenvalue weighted by Gasteiger charge is -2.34. The van der Waals surface area contributed by atoms with E-state index in [1.54, 1.807) is 50.1 Å². The highest BCUT2D eigenvalue weighted by molar-refractivity contribution is 7.89. The molecule has 1 saturated carbocycles. The van der Waals surface area contributed by atoms with Gasteiger partial charge in [-0.3, -0.25) is 4.79 Å². The number of piperazine rings is 1. The molecule has 4 rings (SSSR count). The van der Waals surface area contributed by atoms with Gasteiger partial charge in [0.2, 0.25) is 15.9 Å². The molecule has 11 heteroatoms. The summed E-state index contributed by atoms with van der Waals surface area (Å²) in [6.07, 6.45) is 3.22. The Bertz CT molecular complexity index is 1210. The van der Waals surface area contributed by atoms with Crippen molar-refractivity contribution < 1.29 is 22.7 Å². The van der Waals surface area contributed by atoms with Crippen molar-refractivity contribution in [1.82, 2.24) is 19.5 Å². The first-order chi connectivity index (χ1) is 16.5. The van der Waals surface area contributed by atoms with Crippen LogP contribution in [0.15, 0.2) is 35.4 Å². The Morgan fingerprint density at radius 3 is 2.43 bits per heavy atom. The van der Waals surface area contributed by atoms with E-state index in [2.05, 4.69) is 15.2 Å². The minimum absolute atomic E-state index is 0.177. The molecule has 35 heavy (non-hydrogen) atoms.